The molecule has 1 saturated heterocycles. The number of hydrogen-bond acceptors (Lipinski definition) is 5. The number of nitrogens with zero attached hydrogens (tertiary/aromatic N) is 1. The zero-order valence-corrected chi connectivity index (χ0v) is 21.9. The molecule has 1 aliphatic heterocycles. The summed E-state index contributed by atoms with van der Waals surface area (Å²) in [5.41, 5.74) is 2.97. The van der Waals surface area contributed by atoms with E-state index in [-0.39, 0.29) is 24.6 Å². The van der Waals surface area contributed by atoms with Crippen LogP contribution in [0.4, 0.5) is 0 Å². The molecule has 1 N–H and O–H groups in total. The van der Waals surface area contributed by atoms with E-state index < -0.39 is 30.3 Å². The van der Waals surface area contributed by atoms with E-state index in [0.29, 0.717) is 5.57 Å². The minimum absolute atomic E-state index is 0.0486. The number of carbonyl (C=O) groups is 3. The number of carbonyl (C=O) groups excluding carboxylic acids is 3. The van der Waals surface area contributed by atoms with Crippen molar-refractivity contribution in [3.8, 4) is 12.3 Å². The zero-order chi connectivity index (χ0) is 27.8. The number of likely N-dealkylation sites (tertiary alicyclic amines) is 1. The zero-order valence-electron chi connectivity index (χ0n) is 21.9. The van der Waals surface area contributed by atoms with Crippen LogP contribution < -0.4 is 5.32 Å². The topological polar surface area (TPSA) is 84.9 Å². The van der Waals surface area contributed by atoms with Crippen LogP contribution in [0.25, 0.3) is 0 Å². The molecule has 1 heterocycles. The van der Waals surface area contributed by atoms with Crippen LogP contribution in [-0.4, -0.2) is 41.6 Å². The third-order valence-corrected chi connectivity index (χ3v) is 6.24. The maximum absolute atomic E-state index is 13.7. The first kappa shape index (κ1) is 27.4. The number of benzene rings is 3. The number of terminal acetylenes is 1. The molecule has 0 aromatic heterocycles. The molecule has 7 nitrogen and oxygen atoms in total. The highest BCUT2D eigenvalue weighted by atomic mass is 16.5. The van der Waals surface area contributed by atoms with Crippen molar-refractivity contribution >= 4 is 17.8 Å². The summed E-state index contributed by atoms with van der Waals surface area (Å²) in [5.74, 6) is 0.865. The van der Waals surface area contributed by atoms with Gasteiger partial charge in [0.05, 0.1) is 6.42 Å². The molecule has 0 bridgehead atoms. The van der Waals surface area contributed by atoms with Gasteiger partial charge in [0, 0.05) is 0 Å². The Balaban J connectivity index is 1.56. The largest absolute Gasteiger partial charge is 0.448 e. The molecule has 3 aromatic rings. The molecule has 2 amide bonds. The first-order chi connectivity index (χ1) is 18.9. The summed E-state index contributed by atoms with van der Waals surface area (Å²) in [7, 11) is 0. The molecule has 2 unspecified atom stereocenters. The molecule has 198 valence electrons. The fourth-order valence-electron chi connectivity index (χ4n) is 4.44. The van der Waals surface area contributed by atoms with Gasteiger partial charge in [0.15, 0.2) is 18.4 Å². The number of esters is 1. The van der Waals surface area contributed by atoms with Crippen molar-refractivity contribution < 1.29 is 23.9 Å². The van der Waals surface area contributed by atoms with Gasteiger partial charge in [-0.1, -0.05) is 96.9 Å². The Bertz CT molecular complexity index is 1340. The highest BCUT2D eigenvalue weighted by Gasteiger charge is 2.53. The Kier molecular flexibility index (Phi) is 8.93. The fraction of sp³-hybridized carbons (Fsp3) is 0.219. The van der Waals surface area contributed by atoms with E-state index in [1.807, 2.05) is 91.0 Å². The number of ether oxygens (including phenoxy) is 2. The molecule has 0 radical (unpaired) electrons. The Hall–Kier alpha value is -4.67. The molecule has 0 saturated carbocycles. The summed E-state index contributed by atoms with van der Waals surface area (Å²) in [6, 6.07) is 26.9. The monoisotopic (exact) mass is 522 g/mol. The van der Waals surface area contributed by atoms with Gasteiger partial charge in [-0.25, -0.2) is 4.79 Å². The lowest BCUT2D eigenvalue weighted by molar-refractivity contribution is -0.180. The van der Waals surface area contributed by atoms with Gasteiger partial charge < -0.3 is 14.8 Å². The molecule has 39 heavy (non-hydrogen) atoms. The summed E-state index contributed by atoms with van der Waals surface area (Å²) < 4.78 is 11.8. The van der Waals surface area contributed by atoms with Crippen LogP contribution in [0.1, 0.15) is 36.6 Å². The molecule has 1 aliphatic rings. The molecule has 3 aromatic carbocycles. The van der Waals surface area contributed by atoms with Gasteiger partial charge in [0.25, 0.3) is 5.91 Å². The number of allylic oxidation sites excluding steroid dienone is 1. The average molecular weight is 523 g/mol. The van der Waals surface area contributed by atoms with Crippen molar-refractivity contribution in [3.63, 3.8) is 0 Å². The van der Waals surface area contributed by atoms with E-state index in [0.717, 1.165) is 16.7 Å². The Morgan fingerprint density at radius 3 is 1.97 bits per heavy atom. The lowest BCUT2D eigenvalue weighted by atomic mass is 9.99. The van der Waals surface area contributed by atoms with Crippen molar-refractivity contribution in [2.75, 3.05) is 6.61 Å². The first-order valence-electron chi connectivity index (χ1n) is 12.6. The summed E-state index contributed by atoms with van der Waals surface area (Å²) in [6.45, 7) is 3.31. The maximum Gasteiger partial charge on any atom is 0.356 e. The maximum atomic E-state index is 13.7. The smallest absolute Gasteiger partial charge is 0.356 e. The number of nitrogens with one attached hydrogen (secondary N) is 1. The average Bonchev–Trinajstić information content (AvgIpc) is 2.95. The van der Waals surface area contributed by atoms with Crippen LogP contribution in [0.2, 0.25) is 0 Å². The Morgan fingerprint density at radius 1 is 0.923 bits per heavy atom. The minimum atomic E-state index is -0.990. The molecule has 1 fully saturated rings. The summed E-state index contributed by atoms with van der Waals surface area (Å²) in [4.78, 5) is 40.9. The van der Waals surface area contributed by atoms with Crippen LogP contribution in [0.3, 0.4) is 0 Å². The number of rotatable bonds is 10. The van der Waals surface area contributed by atoms with E-state index >= 15 is 0 Å². The van der Waals surface area contributed by atoms with Gasteiger partial charge in [-0.15, -0.1) is 6.42 Å². The molecular weight excluding hydrogens is 492 g/mol. The lowest BCUT2D eigenvalue weighted by Gasteiger charge is -2.46. The van der Waals surface area contributed by atoms with Gasteiger partial charge >= 0.3 is 5.97 Å². The van der Waals surface area contributed by atoms with Crippen molar-refractivity contribution in [2.24, 2.45) is 0 Å². The van der Waals surface area contributed by atoms with Crippen LogP contribution in [0, 0.1) is 12.3 Å². The molecule has 4 rings (SSSR count). The van der Waals surface area contributed by atoms with Crippen molar-refractivity contribution in [2.45, 2.75) is 38.6 Å². The Morgan fingerprint density at radius 2 is 1.46 bits per heavy atom. The van der Waals surface area contributed by atoms with Gasteiger partial charge in [0.2, 0.25) is 5.91 Å². The van der Waals surface area contributed by atoms with Crippen molar-refractivity contribution in [1.29, 1.82) is 0 Å². The first-order valence-corrected chi connectivity index (χ1v) is 12.6. The molecule has 0 spiro atoms. The van der Waals surface area contributed by atoms with Crippen LogP contribution in [0.15, 0.2) is 102 Å². The van der Waals surface area contributed by atoms with E-state index in [1.165, 1.54) is 4.90 Å². The molecular formula is C32H30N2O5. The van der Waals surface area contributed by atoms with Crippen LogP contribution in [-0.2, 0) is 30.3 Å². The lowest BCUT2D eigenvalue weighted by Crippen LogP contribution is -2.71. The van der Waals surface area contributed by atoms with Gasteiger partial charge in [-0.2, -0.15) is 0 Å². The molecule has 2 atom stereocenters. The van der Waals surface area contributed by atoms with Gasteiger partial charge in [0.1, 0.15) is 12.3 Å². The van der Waals surface area contributed by atoms with Gasteiger partial charge in [-0.05, 0) is 36.1 Å². The Labute approximate surface area is 228 Å². The van der Waals surface area contributed by atoms with E-state index in [2.05, 4.69) is 11.2 Å². The molecule has 0 aliphatic carbocycles. The predicted molar refractivity (Wildman–Crippen MR) is 147 cm³/mol. The van der Waals surface area contributed by atoms with E-state index in [4.69, 9.17) is 15.9 Å². The predicted octanol–water partition coefficient (Wildman–Crippen LogP) is 4.16. The normalized spacial score (nSPS) is 16.2. The van der Waals surface area contributed by atoms with E-state index in [9.17, 15) is 14.4 Å². The fourth-order valence-corrected chi connectivity index (χ4v) is 4.44. The van der Waals surface area contributed by atoms with Gasteiger partial charge in [-0.3, -0.25) is 14.5 Å². The van der Waals surface area contributed by atoms with Crippen LogP contribution in [0.5, 0.6) is 0 Å². The SMILES string of the molecule is C#CCOC1C(NC(=O)Cc2ccccc2)C(=O)N1C(C(=O)OC(c1ccccc1)c1ccccc1)=C(C)C. The summed E-state index contributed by atoms with van der Waals surface area (Å²) in [6.07, 6.45) is 3.84. The van der Waals surface area contributed by atoms with Crippen molar-refractivity contribution in [1.82, 2.24) is 10.2 Å². The molecule has 7 heteroatoms. The highest BCUT2D eigenvalue weighted by Crippen LogP contribution is 2.32. The second-order valence-corrected chi connectivity index (χ2v) is 9.28. The minimum Gasteiger partial charge on any atom is -0.448 e. The van der Waals surface area contributed by atoms with E-state index in [1.54, 1.807) is 13.8 Å². The number of hydrogen-bond donors (Lipinski definition) is 1. The third-order valence-electron chi connectivity index (χ3n) is 6.24. The third kappa shape index (κ3) is 6.43. The second-order valence-electron chi connectivity index (χ2n) is 9.28. The van der Waals surface area contributed by atoms with Crippen molar-refractivity contribution in [3.05, 3.63) is 119 Å². The quantitative estimate of drug-likeness (QED) is 0.187. The number of amides is 2. The number of β-lactam (4-membered cyclic amide) rings is 1. The highest BCUT2D eigenvalue weighted by molar-refractivity contribution is 6.01. The summed E-state index contributed by atoms with van der Waals surface area (Å²) >= 11 is 0. The summed E-state index contributed by atoms with van der Waals surface area (Å²) in [5, 5.41) is 2.73. The second kappa shape index (κ2) is 12.7. The van der Waals surface area contributed by atoms with Crippen LogP contribution >= 0.6 is 0 Å². The standard InChI is InChI=1S/C32H30N2O5/c1-4-20-38-31-27(33-26(35)21-23-14-8-5-9-15-23)30(36)34(31)28(22(2)3)32(37)39-29(24-16-10-6-11-17-24)25-18-12-7-13-19-25/h1,5-19,27,29,31H,20-21H2,2-3H3,(H,33,35).